The van der Waals surface area contributed by atoms with Crippen molar-refractivity contribution in [2.45, 2.75) is 45.2 Å². The van der Waals surface area contributed by atoms with Crippen molar-refractivity contribution >= 4 is 28.3 Å². The van der Waals surface area contributed by atoms with Crippen LogP contribution in [0.25, 0.3) is 0 Å². The Balaban J connectivity index is 1.87. The first-order valence-corrected chi connectivity index (χ1v) is 7.66. The Labute approximate surface area is 117 Å². The van der Waals surface area contributed by atoms with Crippen molar-refractivity contribution in [1.82, 2.24) is 9.69 Å². The molecule has 3 N–H and O–H groups in total. The molecule has 104 valence electrons. The van der Waals surface area contributed by atoms with Gasteiger partial charge in [0, 0.05) is 18.6 Å². The number of nitrogens with zero attached hydrogens (tertiary/aromatic N) is 2. The lowest BCUT2D eigenvalue weighted by Crippen LogP contribution is -2.31. The van der Waals surface area contributed by atoms with Crippen molar-refractivity contribution in [3.05, 3.63) is 5.56 Å². The first-order chi connectivity index (χ1) is 9.06. The van der Waals surface area contributed by atoms with Crippen LogP contribution in [0.5, 0.6) is 0 Å². The van der Waals surface area contributed by atoms with Crippen LogP contribution in [-0.4, -0.2) is 28.9 Å². The van der Waals surface area contributed by atoms with E-state index in [1.165, 1.54) is 11.5 Å². The Hall–Kier alpha value is -1.30. The zero-order valence-electron chi connectivity index (χ0n) is 11.3. The lowest BCUT2D eigenvalue weighted by Gasteiger charge is -2.22. The number of aromatic nitrogens is 1. The molecule has 0 aromatic carbocycles. The molecule has 1 amide bonds. The summed E-state index contributed by atoms with van der Waals surface area (Å²) in [7, 11) is 0. The van der Waals surface area contributed by atoms with E-state index >= 15 is 0 Å². The average Bonchev–Trinajstić information content (AvgIpc) is 2.97. The predicted molar refractivity (Wildman–Crippen MR) is 77.6 cm³/mol. The molecule has 2 heterocycles. The van der Waals surface area contributed by atoms with Crippen molar-refractivity contribution < 1.29 is 4.79 Å². The van der Waals surface area contributed by atoms with Crippen LogP contribution >= 0.6 is 11.5 Å². The molecule has 2 unspecified atom stereocenters. The van der Waals surface area contributed by atoms with Crippen molar-refractivity contribution in [3.63, 3.8) is 0 Å². The van der Waals surface area contributed by atoms with Crippen LogP contribution in [0.3, 0.4) is 0 Å². The molecule has 1 aliphatic carbocycles. The fourth-order valence-corrected chi connectivity index (χ4v) is 3.69. The Morgan fingerprint density at radius 3 is 2.79 bits per heavy atom. The molecule has 6 heteroatoms. The predicted octanol–water partition coefficient (Wildman–Crippen LogP) is 1.85. The smallest absolute Gasteiger partial charge is 0.258 e. The maximum atomic E-state index is 12.3. The Kier molecular flexibility index (Phi) is 3.12. The third-order valence-electron chi connectivity index (χ3n) is 3.88. The fraction of sp³-hybridized carbons (Fsp3) is 0.692. The van der Waals surface area contributed by atoms with Crippen LogP contribution in [0.4, 0.5) is 10.8 Å². The number of anilines is 2. The lowest BCUT2D eigenvalue weighted by molar-refractivity contribution is 0.0952. The van der Waals surface area contributed by atoms with Gasteiger partial charge in [-0.15, -0.1) is 0 Å². The van der Waals surface area contributed by atoms with Gasteiger partial charge in [-0.2, -0.15) is 4.37 Å². The molecule has 0 radical (unpaired) electrons. The second kappa shape index (κ2) is 4.67. The summed E-state index contributed by atoms with van der Waals surface area (Å²) < 4.78 is 4.19. The minimum absolute atomic E-state index is 0.0597. The van der Waals surface area contributed by atoms with E-state index in [0.29, 0.717) is 29.4 Å². The van der Waals surface area contributed by atoms with E-state index < -0.39 is 0 Å². The third kappa shape index (κ3) is 2.41. The summed E-state index contributed by atoms with van der Waals surface area (Å²) in [5.74, 6) is 0.957. The van der Waals surface area contributed by atoms with Gasteiger partial charge in [0.25, 0.3) is 5.91 Å². The Morgan fingerprint density at radius 1 is 1.47 bits per heavy atom. The van der Waals surface area contributed by atoms with Gasteiger partial charge in [-0.3, -0.25) is 4.79 Å². The molecule has 2 fully saturated rings. The highest BCUT2D eigenvalue weighted by molar-refractivity contribution is 7.11. The van der Waals surface area contributed by atoms with E-state index in [-0.39, 0.29) is 5.91 Å². The number of nitrogens with one attached hydrogen (secondary N) is 1. The SMILES string of the molecule is CC1CC(C)N(c2snc(N)c2C(=O)NC2CC2)C1. The highest BCUT2D eigenvalue weighted by atomic mass is 32.1. The molecule has 1 aromatic heterocycles. The van der Waals surface area contributed by atoms with E-state index in [9.17, 15) is 4.79 Å². The minimum atomic E-state index is -0.0597. The summed E-state index contributed by atoms with van der Waals surface area (Å²) in [5.41, 5.74) is 6.48. The minimum Gasteiger partial charge on any atom is -0.382 e. The Bertz CT molecular complexity index is 497. The molecule has 2 atom stereocenters. The molecular weight excluding hydrogens is 260 g/mol. The van der Waals surface area contributed by atoms with Gasteiger partial charge in [0.15, 0.2) is 5.82 Å². The number of carbonyl (C=O) groups is 1. The van der Waals surface area contributed by atoms with Crippen LogP contribution in [0.2, 0.25) is 0 Å². The van der Waals surface area contributed by atoms with Gasteiger partial charge >= 0.3 is 0 Å². The van der Waals surface area contributed by atoms with Crippen LogP contribution < -0.4 is 16.0 Å². The van der Waals surface area contributed by atoms with E-state index in [1.54, 1.807) is 0 Å². The average molecular weight is 280 g/mol. The van der Waals surface area contributed by atoms with E-state index in [2.05, 4.69) is 28.4 Å². The summed E-state index contributed by atoms with van der Waals surface area (Å²) in [6.45, 7) is 5.42. The van der Waals surface area contributed by atoms with Crippen LogP contribution in [-0.2, 0) is 0 Å². The first-order valence-electron chi connectivity index (χ1n) is 6.89. The first kappa shape index (κ1) is 12.7. The van der Waals surface area contributed by atoms with E-state index in [0.717, 1.165) is 30.8 Å². The highest BCUT2D eigenvalue weighted by Gasteiger charge is 2.33. The molecule has 1 saturated carbocycles. The third-order valence-corrected chi connectivity index (χ3v) is 4.78. The molecule has 19 heavy (non-hydrogen) atoms. The van der Waals surface area contributed by atoms with Gasteiger partial charge in [-0.05, 0) is 43.6 Å². The molecule has 1 aromatic rings. The lowest BCUT2D eigenvalue weighted by atomic mass is 10.1. The zero-order valence-corrected chi connectivity index (χ0v) is 12.2. The number of nitrogen functional groups attached to an aromatic ring is 1. The number of amides is 1. The largest absolute Gasteiger partial charge is 0.382 e. The molecule has 1 aliphatic heterocycles. The molecule has 3 rings (SSSR count). The van der Waals surface area contributed by atoms with Crippen molar-refractivity contribution in [2.24, 2.45) is 5.92 Å². The molecule has 1 saturated heterocycles. The van der Waals surface area contributed by atoms with Gasteiger partial charge in [0.1, 0.15) is 10.6 Å². The number of nitrogens with two attached hydrogens (primary N) is 1. The summed E-state index contributed by atoms with van der Waals surface area (Å²) in [6.07, 6.45) is 3.31. The summed E-state index contributed by atoms with van der Waals surface area (Å²) >= 11 is 1.35. The van der Waals surface area contributed by atoms with E-state index in [1.807, 2.05) is 0 Å². The second-order valence-corrected chi connectivity index (χ2v) is 6.59. The topological polar surface area (TPSA) is 71.2 Å². The van der Waals surface area contributed by atoms with Gasteiger partial charge in [-0.1, -0.05) is 6.92 Å². The maximum absolute atomic E-state index is 12.3. The normalized spacial score (nSPS) is 26.7. The monoisotopic (exact) mass is 280 g/mol. The van der Waals surface area contributed by atoms with Crippen molar-refractivity contribution in [2.75, 3.05) is 17.2 Å². The Morgan fingerprint density at radius 2 is 2.21 bits per heavy atom. The van der Waals surface area contributed by atoms with E-state index in [4.69, 9.17) is 5.73 Å². The highest BCUT2D eigenvalue weighted by Crippen LogP contribution is 2.37. The second-order valence-electron chi connectivity index (χ2n) is 5.84. The fourth-order valence-electron chi connectivity index (χ4n) is 2.77. The molecule has 0 spiro atoms. The van der Waals surface area contributed by atoms with Crippen molar-refractivity contribution in [1.29, 1.82) is 0 Å². The van der Waals surface area contributed by atoms with Gasteiger partial charge < -0.3 is 16.0 Å². The number of hydrogen-bond donors (Lipinski definition) is 2. The zero-order chi connectivity index (χ0) is 13.6. The number of carbonyl (C=O) groups excluding carboxylic acids is 1. The van der Waals surface area contributed by atoms with Gasteiger partial charge in [0.05, 0.1) is 0 Å². The van der Waals surface area contributed by atoms with Gasteiger partial charge in [0.2, 0.25) is 0 Å². The summed E-state index contributed by atoms with van der Waals surface area (Å²) in [4.78, 5) is 14.6. The van der Waals surface area contributed by atoms with Crippen LogP contribution in [0.1, 0.15) is 43.5 Å². The van der Waals surface area contributed by atoms with Crippen LogP contribution in [0.15, 0.2) is 0 Å². The maximum Gasteiger partial charge on any atom is 0.258 e. The molecule has 2 aliphatic rings. The molecule has 0 bridgehead atoms. The standard InChI is InChI=1S/C13H20N4OS/c1-7-5-8(2)17(6-7)13-10(11(14)16-19-13)12(18)15-9-3-4-9/h7-9H,3-6H2,1-2H3,(H2,14,16)(H,15,18). The van der Waals surface area contributed by atoms with Crippen LogP contribution in [0, 0.1) is 5.92 Å². The number of rotatable bonds is 3. The quantitative estimate of drug-likeness (QED) is 0.886. The number of hydrogen-bond acceptors (Lipinski definition) is 5. The molecular formula is C13H20N4OS. The van der Waals surface area contributed by atoms with Gasteiger partial charge in [-0.25, -0.2) is 0 Å². The van der Waals surface area contributed by atoms with Crippen molar-refractivity contribution in [3.8, 4) is 0 Å². The summed E-state index contributed by atoms with van der Waals surface area (Å²) in [5, 5.41) is 3.95. The summed E-state index contributed by atoms with van der Waals surface area (Å²) in [6, 6.07) is 0.789. The molecule has 5 nitrogen and oxygen atoms in total.